The number of anilines is 1. The fourth-order valence-corrected chi connectivity index (χ4v) is 3.32. The monoisotopic (exact) mass is 327 g/mol. The molecule has 1 heterocycles. The summed E-state index contributed by atoms with van der Waals surface area (Å²) in [7, 11) is 1.79. The van der Waals surface area contributed by atoms with Gasteiger partial charge in [0, 0.05) is 30.4 Å². The van der Waals surface area contributed by atoms with E-state index in [1.54, 1.807) is 14.0 Å². The predicted molar refractivity (Wildman–Crippen MR) is 81.6 cm³/mol. The molecular weight excluding hydrogens is 306 g/mol. The molecule has 0 spiro atoms. The zero-order valence-corrected chi connectivity index (χ0v) is 13.4. The lowest BCUT2D eigenvalue weighted by molar-refractivity contribution is 0.0498. The van der Waals surface area contributed by atoms with Crippen molar-refractivity contribution in [2.24, 2.45) is 5.92 Å². The number of aliphatic hydroxyl groups is 1. The lowest BCUT2D eigenvalue weighted by atomic mass is 9.95. The second-order valence-electron chi connectivity index (χ2n) is 5.37. The molecule has 2 rings (SSSR count). The summed E-state index contributed by atoms with van der Waals surface area (Å²) >= 11 is 3.54. The van der Waals surface area contributed by atoms with Crippen LogP contribution in [0.15, 0.2) is 22.7 Å². The fraction of sp³-hybridized carbons (Fsp3) is 0.600. The lowest BCUT2D eigenvalue weighted by Gasteiger charge is -2.37. The Morgan fingerprint density at radius 3 is 2.79 bits per heavy atom. The molecule has 19 heavy (non-hydrogen) atoms. The molecule has 0 aromatic heterocycles. The van der Waals surface area contributed by atoms with Crippen LogP contribution in [0, 0.1) is 5.92 Å². The first-order valence-corrected chi connectivity index (χ1v) is 7.57. The molecule has 0 amide bonds. The van der Waals surface area contributed by atoms with Gasteiger partial charge in [-0.05, 0) is 37.0 Å². The van der Waals surface area contributed by atoms with Crippen molar-refractivity contribution in [2.45, 2.75) is 32.5 Å². The van der Waals surface area contributed by atoms with Crippen molar-refractivity contribution >= 4 is 21.6 Å². The average molecular weight is 328 g/mol. The van der Waals surface area contributed by atoms with E-state index in [0.717, 1.165) is 29.5 Å². The third kappa shape index (κ3) is 3.30. The second-order valence-corrected chi connectivity index (χ2v) is 6.22. The van der Waals surface area contributed by atoms with Crippen molar-refractivity contribution in [3.05, 3.63) is 28.2 Å². The zero-order chi connectivity index (χ0) is 14.0. The van der Waals surface area contributed by atoms with Gasteiger partial charge in [-0.1, -0.05) is 28.9 Å². The third-order valence-electron chi connectivity index (χ3n) is 3.99. The zero-order valence-electron chi connectivity index (χ0n) is 11.8. The third-order valence-corrected chi connectivity index (χ3v) is 4.68. The fourth-order valence-electron chi connectivity index (χ4n) is 2.63. The van der Waals surface area contributed by atoms with Crippen molar-refractivity contribution < 1.29 is 9.84 Å². The number of halogens is 1. The molecule has 0 bridgehead atoms. The molecule has 3 atom stereocenters. The van der Waals surface area contributed by atoms with Crippen LogP contribution >= 0.6 is 15.9 Å². The number of nitrogens with zero attached hydrogens (tertiary/aromatic N) is 1. The molecule has 106 valence electrons. The number of hydrogen-bond acceptors (Lipinski definition) is 3. The van der Waals surface area contributed by atoms with Crippen LogP contribution in [0.5, 0.6) is 0 Å². The quantitative estimate of drug-likeness (QED) is 0.923. The van der Waals surface area contributed by atoms with Gasteiger partial charge in [0.05, 0.1) is 12.2 Å². The number of benzene rings is 1. The van der Waals surface area contributed by atoms with E-state index in [1.807, 2.05) is 6.07 Å². The van der Waals surface area contributed by atoms with Gasteiger partial charge in [0.25, 0.3) is 0 Å². The molecular formula is C15H22BrNO2. The van der Waals surface area contributed by atoms with Gasteiger partial charge >= 0.3 is 0 Å². The van der Waals surface area contributed by atoms with E-state index in [9.17, 15) is 5.11 Å². The van der Waals surface area contributed by atoms with Crippen molar-refractivity contribution in [2.75, 3.05) is 25.1 Å². The summed E-state index contributed by atoms with van der Waals surface area (Å²) in [6, 6.07) is 6.16. The molecule has 1 N–H and O–H groups in total. The molecule has 1 aliphatic rings. The Morgan fingerprint density at radius 1 is 1.47 bits per heavy atom. The molecule has 1 saturated heterocycles. The van der Waals surface area contributed by atoms with Gasteiger partial charge in [-0.15, -0.1) is 0 Å². The van der Waals surface area contributed by atoms with Crippen molar-refractivity contribution in [1.82, 2.24) is 0 Å². The molecule has 1 aliphatic heterocycles. The maximum absolute atomic E-state index is 9.66. The van der Waals surface area contributed by atoms with Gasteiger partial charge in [0.2, 0.25) is 0 Å². The molecule has 0 radical (unpaired) electrons. The van der Waals surface area contributed by atoms with Crippen LogP contribution in [-0.4, -0.2) is 31.4 Å². The highest BCUT2D eigenvalue weighted by Gasteiger charge is 2.26. The first-order chi connectivity index (χ1) is 9.02. The SMILES string of the molecule is COC1CN(c2ccc([C@H](C)O)c(Br)c2)CCC1C. The predicted octanol–water partition coefficient (Wildman–Crippen LogP) is 3.36. The first-order valence-electron chi connectivity index (χ1n) is 6.78. The van der Waals surface area contributed by atoms with Gasteiger partial charge < -0.3 is 14.7 Å². The highest BCUT2D eigenvalue weighted by Crippen LogP contribution is 2.30. The highest BCUT2D eigenvalue weighted by atomic mass is 79.9. The van der Waals surface area contributed by atoms with Crippen LogP contribution in [0.3, 0.4) is 0 Å². The summed E-state index contributed by atoms with van der Waals surface area (Å²) in [5.74, 6) is 0.612. The minimum Gasteiger partial charge on any atom is -0.389 e. The summed E-state index contributed by atoms with van der Waals surface area (Å²) in [4.78, 5) is 2.35. The topological polar surface area (TPSA) is 32.7 Å². The Balaban J connectivity index is 2.16. The van der Waals surface area contributed by atoms with Crippen LogP contribution < -0.4 is 4.90 Å². The smallest absolute Gasteiger partial charge is 0.0772 e. The maximum atomic E-state index is 9.66. The maximum Gasteiger partial charge on any atom is 0.0772 e. The van der Waals surface area contributed by atoms with Crippen LogP contribution in [0.4, 0.5) is 5.69 Å². The lowest BCUT2D eigenvalue weighted by Crippen LogP contribution is -2.43. The van der Waals surface area contributed by atoms with E-state index >= 15 is 0 Å². The molecule has 1 fully saturated rings. The molecule has 0 saturated carbocycles. The van der Waals surface area contributed by atoms with E-state index in [-0.39, 0.29) is 0 Å². The minimum absolute atomic E-state index is 0.295. The molecule has 1 aromatic rings. The normalized spacial score (nSPS) is 25.4. The van der Waals surface area contributed by atoms with Crippen LogP contribution in [-0.2, 0) is 4.74 Å². The first kappa shape index (κ1) is 14.8. The van der Waals surface area contributed by atoms with E-state index in [2.05, 4.69) is 39.9 Å². The van der Waals surface area contributed by atoms with Gasteiger partial charge in [0.15, 0.2) is 0 Å². The summed E-state index contributed by atoms with van der Waals surface area (Å²) in [5.41, 5.74) is 2.11. The van der Waals surface area contributed by atoms with Crippen molar-refractivity contribution in [3.63, 3.8) is 0 Å². The minimum atomic E-state index is -0.448. The number of methoxy groups -OCH3 is 1. The van der Waals surface area contributed by atoms with Gasteiger partial charge in [0.1, 0.15) is 0 Å². The second kappa shape index (κ2) is 6.25. The molecule has 2 unspecified atom stereocenters. The molecule has 1 aromatic carbocycles. The standard InChI is InChI=1S/C15H22BrNO2/c1-10-6-7-17(9-15(10)19-3)12-4-5-13(11(2)18)14(16)8-12/h4-5,8,10-11,15,18H,6-7,9H2,1-3H3/t10?,11-,15?/m0/s1. The van der Waals surface area contributed by atoms with Crippen molar-refractivity contribution in [3.8, 4) is 0 Å². The molecule has 4 heteroatoms. The van der Waals surface area contributed by atoms with E-state index in [4.69, 9.17) is 4.74 Å². The number of aliphatic hydroxyl groups excluding tert-OH is 1. The van der Waals surface area contributed by atoms with Gasteiger partial charge in [-0.3, -0.25) is 0 Å². The van der Waals surface area contributed by atoms with E-state index in [0.29, 0.717) is 12.0 Å². The molecule has 3 nitrogen and oxygen atoms in total. The number of hydrogen-bond donors (Lipinski definition) is 1. The number of rotatable bonds is 3. The van der Waals surface area contributed by atoms with Crippen molar-refractivity contribution in [1.29, 1.82) is 0 Å². The van der Waals surface area contributed by atoms with Crippen LogP contribution in [0.1, 0.15) is 31.9 Å². The summed E-state index contributed by atoms with van der Waals surface area (Å²) in [6.07, 6.45) is 0.995. The Morgan fingerprint density at radius 2 is 2.21 bits per heavy atom. The van der Waals surface area contributed by atoms with Crippen LogP contribution in [0.2, 0.25) is 0 Å². The van der Waals surface area contributed by atoms with E-state index < -0.39 is 6.10 Å². The van der Waals surface area contributed by atoms with Gasteiger partial charge in [-0.2, -0.15) is 0 Å². The van der Waals surface area contributed by atoms with E-state index in [1.165, 1.54) is 5.69 Å². The Kier molecular flexibility index (Phi) is 4.87. The molecule has 0 aliphatic carbocycles. The Hall–Kier alpha value is -0.580. The highest BCUT2D eigenvalue weighted by molar-refractivity contribution is 9.10. The average Bonchev–Trinajstić information content (AvgIpc) is 2.38. The Labute approximate surface area is 123 Å². The summed E-state index contributed by atoms with van der Waals surface area (Å²) in [5, 5.41) is 9.66. The Bertz CT molecular complexity index is 436. The summed E-state index contributed by atoms with van der Waals surface area (Å²) in [6.45, 7) is 6.01. The number of piperidine rings is 1. The largest absolute Gasteiger partial charge is 0.389 e. The number of ether oxygens (including phenoxy) is 1. The summed E-state index contributed by atoms with van der Waals surface area (Å²) < 4.78 is 6.52. The van der Waals surface area contributed by atoms with Crippen LogP contribution in [0.25, 0.3) is 0 Å². The van der Waals surface area contributed by atoms with Gasteiger partial charge in [-0.25, -0.2) is 0 Å².